The molecular weight excluding hydrogens is 382 g/mol. The van der Waals surface area contributed by atoms with Crippen LogP contribution >= 0.6 is 0 Å². The second-order valence-electron chi connectivity index (χ2n) is 8.00. The van der Waals surface area contributed by atoms with Crippen molar-refractivity contribution in [3.05, 3.63) is 0 Å². The van der Waals surface area contributed by atoms with Crippen LogP contribution in [-0.2, 0) is 18.9 Å². The molecule has 0 saturated heterocycles. The van der Waals surface area contributed by atoms with Gasteiger partial charge < -0.3 is 39.4 Å². The van der Waals surface area contributed by atoms with Gasteiger partial charge in [0.15, 0.2) is 0 Å². The lowest BCUT2D eigenvalue weighted by molar-refractivity contribution is -0.0351. The average molecular weight is 426 g/mol. The first-order valence-corrected chi connectivity index (χ1v) is 12.9. The maximum absolute atomic E-state index is 9.94. The Bertz CT molecular complexity index is 356. The molecule has 8 nitrogen and oxygen atoms in total. The number of aliphatic hydroxyl groups excluding tert-OH is 1. The first-order valence-electron chi connectivity index (χ1n) is 10.3. The highest BCUT2D eigenvalue weighted by atomic mass is 28.4. The van der Waals surface area contributed by atoms with Crippen molar-refractivity contribution in [2.24, 2.45) is 11.7 Å². The first-order chi connectivity index (χ1) is 13.1. The Morgan fingerprint density at radius 3 is 2.18 bits per heavy atom. The maximum atomic E-state index is 9.94. The molecule has 0 heterocycles. The van der Waals surface area contributed by atoms with Crippen molar-refractivity contribution < 1.29 is 33.6 Å². The summed E-state index contributed by atoms with van der Waals surface area (Å²) in [5.74, 6) is 0.344. The smallest absolute Gasteiger partial charge is 0.329 e. The Hall–Kier alpha value is -0.103. The fraction of sp³-hybridized carbons (Fsp3) is 1.00. The van der Waals surface area contributed by atoms with Gasteiger partial charge in [0.1, 0.15) is 0 Å². The molecule has 0 aromatic carbocycles. The molecule has 0 aromatic heterocycles. The van der Waals surface area contributed by atoms with Crippen LogP contribution < -0.4 is 5.73 Å². The van der Waals surface area contributed by atoms with E-state index in [1.54, 1.807) is 0 Å². The zero-order valence-electron chi connectivity index (χ0n) is 18.1. The Kier molecular flexibility index (Phi) is 16.6. The van der Waals surface area contributed by atoms with Crippen LogP contribution in [0.1, 0.15) is 40.0 Å². The number of hydrogen-bond acceptors (Lipinski definition) is 8. The zero-order chi connectivity index (χ0) is 21.4. The van der Waals surface area contributed by atoms with E-state index in [1.807, 2.05) is 13.8 Å². The first kappa shape index (κ1) is 27.9. The van der Waals surface area contributed by atoms with Crippen LogP contribution in [0.25, 0.3) is 0 Å². The molecule has 4 atom stereocenters. The standard InChI is InChI=1S/C19H43NO7Si/c1-16(6-7-19(21)15-24-8-5-11-28(4,22)23)12-25-9-10-27-18(3)14-26-13-17(2)20/h16-19,21-23H,5-15,20H2,1-4H3. The summed E-state index contributed by atoms with van der Waals surface area (Å²) in [5, 5.41) is 9.94. The van der Waals surface area contributed by atoms with Gasteiger partial charge in [-0.1, -0.05) is 6.92 Å². The van der Waals surface area contributed by atoms with Crippen LogP contribution in [0.2, 0.25) is 12.6 Å². The molecule has 0 radical (unpaired) electrons. The van der Waals surface area contributed by atoms with Crippen molar-refractivity contribution in [1.82, 2.24) is 0 Å². The van der Waals surface area contributed by atoms with E-state index in [2.05, 4.69) is 6.92 Å². The van der Waals surface area contributed by atoms with E-state index >= 15 is 0 Å². The van der Waals surface area contributed by atoms with E-state index in [1.165, 1.54) is 6.55 Å². The van der Waals surface area contributed by atoms with Gasteiger partial charge in [-0.15, -0.1) is 0 Å². The highest BCUT2D eigenvalue weighted by Gasteiger charge is 2.20. The topological polar surface area (TPSA) is 124 Å². The molecule has 0 fully saturated rings. The van der Waals surface area contributed by atoms with Crippen molar-refractivity contribution in [1.29, 1.82) is 0 Å². The lowest BCUT2D eigenvalue weighted by atomic mass is 10.0. The number of hydrogen-bond donors (Lipinski definition) is 4. The summed E-state index contributed by atoms with van der Waals surface area (Å²) in [6.45, 7) is 10.9. The van der Waals surface area contributed by atoms with Crippen molar-refractivity contribution in [2.75, 3.05) is 46.2 Å². The predicted octanol–water partition coefficient (Wildman–Crippen LogP) is 1.01. The molecule has 0 aromatic rings. The largest absolute Gasteiger partial charge is 0.411 e. The van der Waals surface area contributed by atoms with Crippen LogP contribution in [0.4, 0.5) is 0 Å². The minimum atomic E-state index is -2.98. The summed E-state index contributed by atoms with van der Waals surface area (Å²) >= 11 is 0. The molecule has 28 heavy (non-hydrogen) atoms. The van der Waals surface area contributed by atoms with Crippen molar-refractivity contribution in [2.45, 2.75) is 70.9 Å². The van der Waals surface area contributed by atoms with Crippen molar-refractivity contribution in [3.8, 4) is 0 Å². The van der Waals surface area contributed by atoms with E-state index in [4.69, 9.17) is 24.7 Å². The normalized spacial score (nSPS) is 16.7. The number of nitrogens with two attached hydrogens (primary N) is 1. The van der Waals surface area contributed by atoms with Gasteiger partial charge in [-0.3, -0.25) is 0 Å². The summed E-state index contributed by atoms with van der Waals surface area (Å²) < 4.78 is 22.0. The molecule has 0 spiro atoms. The Balaban J connectivity index is 3.50. The summed E-state index contributed by atoms with van der Waals surface area (Å²) in [7, 11) is -2.98. The minimum absolute atomic E-state index is 0.0146. The van der Waals surface area contributed by atoms with Crippen LogP contribution in [0, 0.1) is 5.92 Å². The molecule has 0 aliphatic rings. The molecule has 9 heteroatoms. The highest BCUT2D eigenvalue weighted by Crippen LogP contribution is 2.10. The predicted molar refractivity (Wildman–Crippen MR) is 111 cm³/mol. The van der Waals surface area contributed by atoms with Gasteiger partial charge >= 0.3 is 8.56 Å². The Morgan fingerprint density at radius 2 is 1.54 bits per heavy atom. The summed E-state index contributed by atoms with van der Waals surface area (Å²) in [4.78, 5) is 18.6. The van der Waals surface area contributed by atoms with Crippen molar-refractivity contribution >= 4 is 8.56 Å². The second-order valence-corrected chi connectivity index (χ2v) is 10.9. The molecule has 0 rings (SSSR count). The van der Waals surface area contributed by atoms with Crippen molar-refractivity contribution in [3.63, 3.8) is 0 Å². The Labute approximate surface area is 171 Å². The maximum Gasteiger partial charge on any atom is 0.329 e. The Morgan fingerprint density at radius 1 is 0.857 bits per heavy atom. The molecule has 170 valence electrons. The van der Waals surface area contributed by atoms with Gasteiger partial charge in [-0.05, 0) is 51.6 Å². The van der Waals surface area contributed by atoms with E-state index in [-0.39, 0.29) is 18.8 Å². The quantitative estimate of drug-likeness (QED) is 0.179. The van der Waals surface area contributed by atoms with Gasteiger partial charge in [0.2, 0.25) is 0 Å². The lowest BCUT2D eigenvalue weighted by Crippen LogP contribution is -2.29. The highest BCUT2D eigenvalue weighted by molar-refractivity contribution is 6.63. The van der Waals surface area contributed by atoms with Gasteiger partial charge in [0.05, 0.1) is 45.2 Å². The SMILES string of the molecule is CC(N)COCC(C)OCCOCC(C)CCC(O)COCCC[Si](C)(O)O. The molecule has 0 aliphatic carbocycles. The van der Waals surface area contributed by atoms with Crippen LogP contribution in [0.5, 0.6) is 0 Å². The third-order valence-electron chi connectivity index (χ3n) is 4.01. The van der Waals surface area contributed by atoms with Crippen LogP contribution in [0.3, 0.4) is 0 Å². The molecule has 0 aliphatic heterocycles. The molecule has 4 unspecified atom stereocenters. The minimum Gasteiger partial charge on any atom is -0.411 e. The zero-order valence-corrected chi connectivity index (χ0v) is 19.1. The third-order valence-corrected chi connectivity index (χ3v) is 5.31. The average Bonchev–Trinajstić information content (AvgIpc) is 2.58. The van der Waals surface area contributed by atoms with Crippen LogP contribution in [0.15, 0.2) is 0 Å². The monoisotopic (exact) mass is 425 g/mol. The molecule has 5 N–H and O–H groups in total. The van der Waals surface area contributed by atoms with E-state index < -0.39 is 14.7 Å². The lowest BCUT2D eigenvalue weighted by Gasteiger charge is -2.17. The third kappa shape index (κ3) is 20.6. The van der Waals surface area contributed by atoms with Gasteiger partial charge in [0, 0.05) is 19.3 Å². The fourth-order valence-corrected chi connectivity index (χ4v) is 3.25. The van der Waals surface area contributed by atoms with E-state index in [0.717, 1.165) is 6.42 Å². The number of ether oxygens (including phenoxy) is 4. The van der Waals surface area contributed by atoms with E-state index in [0.29, 0.717) is 64.4 Å². The van der Waals surface area contributed by atoms with Gasteiger partial charge in [-0.25, -0.2) is 0 Å². The molecule has 0 bridgehead atoms. The summed E-state index contributed by atoms with van der Waals surface area (Å²) in [5.41, 5.74) is 5.62. The van der Waals surface area contributed by atoms with E-state index in [9.17, 15) is 14.7 Å². The van der Waals surface area contributed by atoms with Gasteiger partial charge in [-0.2, -0.15) is 0 Å². The number of rotatable bonds is 19. The molecule has 0 amide bonds. The van der Waals surface area contributed by atoms with Gasteiger partial charge in [0.25, 0.3) is 0 Å². The summed E-state index contributed by atoms with van der Waals surface area (Å²) in [6.07, 6.45) is 1.62. The second kappa shape index (κ2) is 16.7. The number of aliphatic hydroxyl groups is 1. The summed E-state index contributed by atoms with van der Waals surface area (Å²) in [6, 6.07) is 0.423. The molecular formula is C19H43NO7Si. The molecule has 0 saturated carbocycles. The fourth-order valence-electron chi connectivity index (χ4n) is 2.43. The van der Waals surface area contributed by atoms with Crippen LogP contribution in [-0.4, -0.2) is 87.8 Å².